The second-order valence-corrected chi connectivity index (χ2v) is 8.18. The minimum Gasteiger partial charge on any atom is -0.465 e. The van der Waals surface area contributed by atoms with Gasteiger partial charge in [-0.15, -0.1) is 0 Å². The maximum atomic E-state index is 13.1. The molecule has 1 aromatic rings. The van der Waals surface area contributed by atoms with Crippen LogP contribution in [-0.2, 0) is 11.2 Å². The van der Waals surface area contributed by atoms with Gasteiger partial charge in [0, 0.05) is 13.1 Å². The summed E-state index contributed by atoms with van der Waals surface area (Å²) < 4.78 is 13.1. The number of carbonyl (C=O) groups is 2. The zero-order valence-electron chi connectivity index (χ0n) is 15.6. The van der Waals surface area contributed by atoms with Crippen LogP contribution in [-0.4, -0.2) is 46.7 Å². The van der Waals surface area contributed by atoms with E-state index in [0.29, 0.717) is 32.4 Å². The van der Waals surface area contributed by atoms with Crippen molar-refractivity contribution in [3.05, 3.63) is 35.6 Å². The lowest BCUT2D eigenvalue weighted by Gasteiger charge is -2.43. The molecule has 1 heterocycles. The minimum atomic E-state index is -1.10. The van der Waals surface area contributed by atoms with Crippen LogP contribution in [0.1, 0.15) is 39.2 Å². The molecule has 1 atom stereocenters. The monoisotopic (exact) mass is 365 g/mol. The molecule has 144 valence electrons. The van der Waals surface area contributed by atoms with Crippen LogP contribution in [0.2, 0.25) is 0 Å². The number of nitrogens with two attached hydrogens (primary N) is 1. The maximum absolute atomic E-state index is 13.1. The van der Waals surface area contributed by atoms with Crippen molar-refractivity contribution in [3.63, 3.8) is 0 Å². The Bertz CT molecular complexity index is 647. The molecule has 0 aliphatic carbocycles. The minimum absolute atomic E-state index is 0.108. The molecule has 0 unspecified atom stereocenters. The van der Waals surface area contributed by atoms with Crippen molar-refractivity contribution in [1.82, 2.24) is 10.2 Å². The van der Waals surface area contributed by atoms with Gasteiger partial charge in [-0.05, 0) is 42.4 Å². The molecule has 2 rings (SSSR count). The van der Waals surface area contributed by atoms with Crippen LogP contribution in [0, 0.1) is 11.2 Å². The number of carboxylic acid groups (broad SMARTS) is 1. The second kappa shape index (κ2) is 7.61. The average molecular weight is 365 g/mol. The zero-order valence-corrected chi connectivity index (χ0v) is 15.6. The zero-order chi connectivity index (χ0) is 19.5. The van der Waals surface area contributed by atoms with E-state index in [2.05, 4.69) is 5.32 Å². The number of amides is 2. The van der Waals surface area contributed by atoms with Gasteiger partial charge in [-0.25, -0.2) is 9.18 Å². The van der Waals surface area contributed by atoms with Gasteiger partial charge in [-0.2, -0.15) is 0 Å². The molecule has 1 fully saturated rings. The number of piperidine rings is 1. The Hall–Kier alpha value is -2.15. The number of hydrogen-bond acceptors (Lipinski definition) is 3. The predicted molar refractivity (Wildman–Crippen MR) is 97.2 cm³/mol. The van der Waals surface area contributed by atoms with Crippen LogP contribution in [0.4, 0.5) is 9.18 Å². The second-order valence-electron chi connectivity index (χ2n) is 8.18. The van der Waals surface area contributed by atoms with E-state index in [-0.39, 0.29) is 17.1 Å². The molecule has 0 radical (unpaired) electrons. The first-order valence-electron chi connectivity index (χ1n) is 8.82. The van der Waals surface area contributed by atoms with Gasteiger partial charge < -0.3 is 21.1 Å². The van der Waals surface area contributed by atoms with E-state index in [1.807, 2.05) is 20.8 Å². The number of nitrogens with one attached hydrogen (secondary N) is 1. The number of benzene rings is 1. The Labute approximate surface area is 153 Å². The number of nitrogens with zero attached hydrogens (tertiary/aromatic N) is 1. The van der Waals surface area contributed by atoms with Gasteiger partial charge in [0.15, 0.2) is 0 Å². The summed E-state index contributed by atoms with van der Waals surface area (Å²) in [6.45, 7) is 6.63. The van der Waals surface area contributed by atoms with E-state index in [1.165, 1.54) is 12.1 Å². The summed E-state index contributed by atoms with van der Waals surface area (Å²) in [6.07, 6.45) is 0.323. The summed E-state index contributed by atoms with van der Waals surface area (Å²) in [5.74, 6) is -0.436. The molecule has 6 nitrogen and oxygen atoms in total. The van der Waals surface area contributed by atoms with Crippen molar-refractivity contribution in [1.29, 1.82) is 0 Å². The summed E-state index contributed by atoms with van der Waals surface area (Å²) in [7, 11) is 0. The van der Waals surface area contributed by atoms with Gasteiger partial charge in [-0.3, -0.25) is 4.79 Å². The highest BCUT2D eigenvalue weighted by Gasteiger charge is 2.39. The lowest BCUT2D eigenvalue weighted by Crippen LogP contribution is -2.59. The highest BCUT2D eigenvalue weighted by Crippen LogP contribution is 2.28. The molecule has 0 spiro atoms. The van der Waals surface area contributed by atoms with Gasteiger partial charge in [0.1, 0.15) is 5.82 Å². The van der Waals surface area contributed by atoms with Crippen molar-refractivity contribution in [2.45, 2.75) is 51.6 Å². The number of hydrogen-bond donors (Lipinski definition) is 3. The van der Waals surface area contributed by atoms with Crippen LogP contribution in [0.3, 0.4) is 0 Å². The molecule has 0 saturated carbocycles. The molecule has 1 aromatic carbocycles. The molecule has 0 bridgehead atoms. The summed E-state index contributed by atoms with van der Waals surface area (Å²) >= 11 is 0. The van der Waals surface area contributed by atoms with E-state index in [4.69, 9.17) is 5.73 Å². The summed E-state index contributed by atoms with van der Waals surface area (Å²) in [5.41, 5.74) is 5.92. The van der Waals surface area contributed by atoms with Crippen LogP contribution in [0.25, 0.3) is 0 Å². The fourth-order valence-corrected chi connectivity index (χ4v) is 3.29. The first-order chi connectivity index (χ1) is 12.0. The van der Waals surface area contributed by atoms with E-state index in [1.54, 1.807) is 17.0 Å². The highest BCUT2D eigenvalue weighted by atomic mass is 19.1. The van der Waals surface area contributed by atoms with Crippen molar-refractivity contribution in [2.24, 2.45) is 11.1 Å². The predicted octanol–water partition coefficient (Wildman–Crippen LogP) is 2.37. The molecule has 2 amide bonds. The first kappa shape index (κ1) is 20.2. The molecule has 1 aliphatic heterocycles. The Morgan fingerprint density at radius 3 is 2.27 bits per heavy atom. The molecule has 4 N–H and O–H groups in total. The summed E-state index contributed by atoms with van der Waals surface area (Å²) in [5, 5.41) is 11.9. The Kier molecular flexibility index (Phi) is 5.91. The number of likely N-dealkylation sites (tertiary alicyclic amines) is 1. The topological polar surface area (TPSA) is 95.7 Å². The molecular formula is C19H28FN3O3. The van der Waals surface area contributed by atoms with Gasteiger partial charge in [0.2, 0.25) is 5.91 Å². The molecule has 26 heavy (non-hydrogen) atoms. The van der Waals surface area contributed by atoms with Crippen LogP contribution in [0.5, 0.6) is 0 Å². The van der Waals surface area contributed by atoms with E-state index < -0.39 is 17.7 Å². The molecule has 1 aliphatic rings. The smallest absolute Gasteiger partial charge is 0.405 e. The standard InChI is InChI=1S/C19H28FN3O3/c1-18(2,3)15(21)16(24)23-10-8-19(9-11-23,22-17(25)26)12-13-4-6-14(20)7-5-13/h4-7,15,22H,8-12,21H2,1-3H3,(H,25,26)/t15-/m1/s1. The van der Waals surface area contributed by atoms with Crippen LogP contribution >= 0.6 is 0 Å². The third-order valence-electron chi connectivity index (χ3n) is 5.06. The molecular weight excluding hydrogens is 337 g/mol. The molecule has 0 aromatic heterocycles. The lowest BCUT2D eigenvalue weighted by molar-refractivity contribution is -0.136. The SMILES string of the molecule is CC(C)(C)[C@H](N)C(=O)N1CCC(Cc2ccc(F)cc2)(NC(=O)O)CC1. The van der Waals surface area contributed by atoms with E-state index in [9.17, 15) is 19.1 Å². The third-order valence-corrected chi connectivity index (χ3v) is 5.06. The quantitative estimate of drug-likeness (QED) is 0.763. The van der Waals surface area contributed by atoms with Crippen molar-refractivity contribution in [3.8, 4) is 0 Å². The Balaban J connectivity index is 2.10. The fraction of sp³-hybridized carbons (Fsp3) is 0.579. The first-order valence-corrected chi connectivity index (χ1v) is 8.82. The largest absolute Gasteiger partial charge is 0.465 e. The lowest BCUT2D eigenvalue weighted by atomic mass is 9.80. The summed E-state index contributed by atoms with van der Waals surface area (Å²) in [6, 6.07) is 5.45. The fourth-order valence-electron chi connectivity index (χ4n) is 3.29. The number of rotatable bonds is 4. The normalized spacial score (nSPS) is 18.3. The molecule has 1 saturated heterocycles. The highest BCUT2D eigenvalue weighted by molar-refractivity contribution is 5.82. The summed E-state index contributed by atoms with van der Waals surface area (Å²) in [4.78, 5) is 25.6. The number of halogens is 1. The number of carbonyl (C=O) groups excluding carboxylic acids is 1. The molecule has 7 heteroatoms. The van der Waals surface area contributed by atoms with Crippen molar-refractivity contribution >= 4 is 12.0 Å². The van der Waals surface area contributed by atoms with Gasteiger partial charge in [0.25, 0.3) is 0 Å². The van der Waals surface area contributed by atoms with E-state index >= 15 is 0 Å². The van der Waals surface area contributed by atoms with Crippen LogP contribution < -0.4 is 11.1 Å². The van der Waals surface area contributed by atoms with Crippen molar-refractivity contribution < 1.29 is 19.1 Å². The maximum Gasteiger partial charge on any atom is 0.405 e. The Morgan fingerprint density at radius 2 is 1.81 bits per heavy atom. The average Bonchev–Trinajstić information content (AvgIpc) is 2.55. The van der Waals surface area contributed by atoms with Crippen LogP contribution in [0.15, 0.2) is 24.3 Å². The van der Waals surface area contributed by atoms with Gasteiger partial charge in [0.05, 0.1) is 11.6 Å². The van der Waals surface area contributed by atoms with E-state index in [0.717, 1.165) is 5.56 Å². The van der Waals surface area contributed by atoms with Gasteiger partial charge >= 0.3 is 6.09 Å². The van der Waals surface area contributed by atoms with Crippen molar-refractivity contribution in [2.75, 3.05) is 13.1 Å². The third kappa shape index (κ3) is 4.94. The Morgan fingerprint density at radius 1 is 1.27 bits per heavy atom. The van der Waals surface area contributed by atoms with Gasteiger partial charge in [-0.1, -0.05) is 32.9 Å².